The summed E-state index contributed by atoms with van der Waals surface area (Å²) in [5, 5.41) is 9.58. The molecular formula is C15H16ClN3S. The Labute approximate surface area is 127 Å². The zero-order valence-corrected chi connectivity index (χ0v) is 12.8. The standard InChI is InChI=1S/C15H16ClN3S/c1-10-4-5-11(16)7-13(10)19-14(8-12(9-17)18-19)15-3-2-6-20-15/h2-7,14H,8-9,17H2,1H3. The molecule has 0 aliphatic carbocycles. The third kappa shape index (κ3) is 2.46. The molecule has 0 saturated heterocycles. The van der Waals surface area contributed by atoms with Crippen LogP contribution in [0, 0.1) is 6.92 Å². The van der Waals surface area contributed by atoms with Gasteiger partial charge >= 0.3 is 0 Å². The van der Waals surface area contributed by atoms with E-state index in [-0.39, 0.29) is 6.04 Å². The molecule has 0 spiro atoms. The molecule has 0 radical (unpaired) electrons. The van der Waals surface area contributed by atoms with Crippen LogP contribution in [0.15, 0.2) is 40.8 Å². The van der Waals surface area contributed by atoms with Gasteiger partial charge in [-0.05, 0) is 36.1 Å². The van der Waals surface area contributed by atoms with E-state index in [0.29, 0.717) is 6.54 Å². The zero-order valence-electron chi connectivity index (χ0n) is 11.2. The summed E-state index contributed by atoms with van der Waals surface area (Å²) in [4.78, 5) is 1.30. The number of benzene rings is 1. The third-order valence-corrected chi connectivity index (χ3v) is 4.71. The zero-order chi connectivity index (χ0) is 14.1. The van der Waals surface area contributed by atoms with Crippen molar-refractivity contribution in [2.24, 2.45) is 10.8 Å². The number of hydrogen-bond donors (Lipinski definition) is 1. The van der Waals surface area contributed by atoms with E-state index in [1.807, 2.05) is 18.2 Å². The summed E-state index contributed by atoms with van der Waals surface area (Å²) in [6.07, 6.45) is 0.878. The molecule has 1 aromatic heterocycles. The summed E-state index contributed by atoms with van der Waals surface area (Å²) in [7, 11) is 0. The number of halogens is 1. The maximum atomic E-state index is 6.14. The fraction of sp³-hybridized carbons (Fsp3) is 0.267. The van der Waals surface area contributed by atoms with Crippen molar-refractivity contribution in [3.8, 4) is 0 Å². The van der Waals surface area contributed by atoms with Gasteiger partial charge in [0, 0.05) is 22.9 Å². The average molecular weight is 306 g/mol. The van der Waals surface area contributed by atoms with Crippen LogP contribution in [0.3, 0.4) is 0 Å². The number of hydrazone groups is 1. The number of rotatable bonds is 3. The summed E-state index contributed by atoms with van der Waals surface area (Å²) < 4.78 is 0. The van der Waals surface area contributed by atoms with Gasteiger partial charge in [-0.1, -0.05) is 23.7 Å². The molecule has 3 rings (SSSR count). The molecule has 3 nitrogen and oxygen atoms in total. The van der Waals surface area contributed by atoms with E-state index >= 15 is 0 Å². The van der Waals surface area contributed by atoms with E-state index < -0.39 is 0 Å². The summed E-state index contributed by atoms with van der Waals surface area (Å²) in [6, 6.07) is 10.4. The molecule has 1 aromatic carbocycles. The van der Waals surface area contributed by atoms with Crippen LogP contribution in [0.1, 0.15) is 22.9 Å². The van der Waals surface area contributed by atoms with Gasteiger partial charge in [0.15, 0.2) is 0 Å². The predicted molar refractivity (Wildman–Crippen MR) is 86.8 cm³/mol. The molecule has 0 fully saturated rings. The van der Waals surface area contributed by atoms with Crippen LogP contribution in [-0.4, -0.2) is 12.3 Å². The maximum Gasteiger partial charge on any atom is 0.0920 e. The Morgan fingerprint density at radius 2 is 2.30 bits per heavy atom. The Morgan fingerprint density at radius 3 is 3.00 bits per heavy atom. The number of nitrogens with two attached hydrogens (primary N) is 1. The number of thiophene rings is 1. The highest BCUT2D eigenvalue weighted by atomic mass is 35.5. The maximum absolute atomic E-state index is 6.14. The van der Waals surface area contributed by atoms with E-state index in [1.165, 1.54) is 4.88 Å². The molecule has 1 atom stereocenters. The lowest BCUT2D eigenvalue weighted by atomic mass is 10.1. The molecule has 0 bridgehead atoms. The third-order valence-electron chi connectivity index (χ3n) is 3.50. The van der Waals surface area contributed by atoms with E-state index in [0.717, 1.165) is 28.4 Å². The van der Waals surface area contributed by atoms with Crippen molar-refractivity contribution in [3.05, 3.63) is 51.2 Å². The van der Waals surface area contributed by atoms with Crippen molar-refractivity contribution in [2.75, 3.05) is 11.6 Å². The number of hydrogen-bond acceptors (Lipinski definition) is 4. The van der Waals surface area contributed by atoms with Crippen LogP contribution in [0.25, 0.3) is 0 Å². The lowest BCUT2D eigenvalue weighted by molar-refractivity contribution is 0.719. The molecular weight excluding hydrogens is 290 g/mol. The first-order valence-corrected chi connectivity index (χ1v) is 7.80. The van der Waals surface area contributed by atoms with Gasteiger partial charge in [0.1, 0.15) is 0 Å². The minimum absolute atomic E-state index is 0.228. The van der Waals surface area contributed by atoms with Gasteiger partial charge in [-0.25, -0.2) is 0 Å². The van der Waals surface area contributed by atoms with E-state index in [4.69, 9.17) is 17.3 Å². The summed E-state index contributed by atoms with van der Waals surface area (Å²) >= 11 is 7.89. The Bertz CT molecular complexity index is 637. The lowest BCUT2D eigenvalue weighted by Crippen LogP contribution is -2.18. The van der Waals surface area contributed by atoms with Crippen LogP contribution < -0.4 is 10.7 Å². The molecule has 2 aromatic rings. The van der Waals surface area contributed by atoms with Gasteiger partial charge in [0.25, 0.3) is 0 Å². The second-order valence-electron chi connectivity index (χ2n) is 4.88. The normalized spacial score (nSPS) is 18.4. The molecule has 20 heavy (non-hydrogen) atoms. The monoisotopic (exact) mass is 305 g/mol. The van der Waals surface area contributed by atoms with Gasteiger partial charge in [0.2, 0.25) is 0 Å². The minimum Gasteiger partial charge on any atom is -0.325 e. The smallest absolute Gasteiger partial charge is 0.0920 e. The summed E-state index contributed by atoms with van der Waals surface area (Å²) in [5.74, 6) is 0. The van der Waals surface area contributed by atoms with E-state index in [9.17, 15) is 0 Å². The first-order chi connectivity index (χ1) is 9.69. The Hall–Kier alpha value is -1.36. The summed E-state index contributed by atoms with van der Waals surface area (Å²) in [6.45, 7) is 2.57. The predicted octanol–water partition coefficient (Wildman–Crippen LogP) is 3.98. The highest BCUT2D eigenvalue weighted by Gasteiger charge is 2.30. The van der Waals surface area contributed by atoms with Gasteiger partial charge in [-0.2, -0.15) is 5.10 Å². The molecule has 2 N–H and O–H groups in total. The quantitative estimate of drug-likeness (QED) is 0.932. The number of aryl methyl sites for hydroxylation is 1. The second-order valence-corrected chi connectivity index (χ2v) is 6.30. The van der Waals surface area contributed by atoms with Crippen LogP contribution in [-0.2, 0) is 0 Å². The molecule has 0 amide bonds. The van der Waals surface area contributed by atoms with E-state index in [1.54, 1.807) is 11.3 Å². The first kappa shape index (κ1) is 13.6. The van der Waals surface area contributed by atoms with Crippen LogP contribution >= 0.6 is 22.9 Å². The first-order valence-electron chi connectivity index (χ1n) is 6.54. The topological polar surface area (TPSA) is 41.6 Å². The van der Waals surface area contributed by atoms with Crippen LogP contribution in [0.5, 0.6) is 0 Å². The van der Waals surface area contributed by atoms with Gasteiger partial charge < -0.3 is 5.73 Å². The molecule has 0 saturated carbocycles. The largest absolute Gasteiger partial charge is 0.325 e. The fourth-order valence-corrected chi connectivity index (χ4v) is 3.43. The Morgan fingerprint density at radius 1 is 1.45 bits per heavy atom. The van der Waals surface area contributed by atoms with Crippen molar-refractivity contribution in [1.29, 1.82) is 0 Å². The molecule has 1 aliphatic heterocycles. The van der Waals surface area contributed by atoms with Crippen LogP contribution in [0.4, 0.5) is 5.69 Å². The highest BCUT2D eigenvalue weighted by Crippen LogP contribution is 2.39. The molecule has 5 heteroatoms. The molecule has 2 heterocycles. The lowest BCUT2D eigenvalue weighted by Gasteiger charge is -2.24. The molecule has 1 unspecified atom stereocenters. The van der Waals surface area contributed by atoms with Crippen LogP contribution in [0.2, 0.25) is 5.02 Å². The molecule has 104 valence electrons. The average Bonchev–Trinajstić information content (AvgIpc) is 3.09. The fourth-order valence-electron chi connectivity index (χ4n) is 2.45. The Kier molecular flexibility index (Phi) is 3.78. The highest BCUT2D eigenvalue weighted by molar-refractivity contribution is 7.10. The number of anilines is 1. The van der Waals surface area contributed by atoms with Gasteiger partial charge in [-0.3, -0.25) is 5.01 Å². The van der Waals surface area contributed by atoms with Crippen molar-refractivity contribution >= 4 is 34.3 Å². The van der Waals surface area contributed by atoms with E-state index in [2.05, 4.69) is 34.5 Å². The van der Waals surface area contributed by atoms with Crippen molar-refractivity contribution in [3.63, 3.8) is 0 Å². The van der Waals surface area contributed by atoms with Gasteiger partial charge in [-0.15, -0.1) is 11.3 Å². The second kappa shape index (κ2) is 5.56. The SMILES string of the molecule is Cc1ccc(Cl)cc1N1N=C(CN)CC1c1cccs1. The minimum atomic E-state index is 0.228. The summed E-state index contributed by atoms with van der Waals surface area (Å²) in [5.41, 5.74) is 9.03. The Balaban J connectivity index is 2.03. The number of nitrogens with zero attached hydrogens (tertiary/aromatic N) is 2. The van der Waals surface area contributed by atoms with Gasteiger partial charge in [0.05, 0.1) is 17.4 Å². The molecule has 1 aliphatic rings. The van der Waals surface area contributed by atoms with Crippen molar-refractivity contribution in [2.45, 2.75) is 19.4 Å². The van der Waals surface area contributed by atoms with Crippen molar-refractivity contribution in [1.82, 2.24) is 0 Å². The van der Waals surface area contributed by atoms with Crippen molar-refractivity contribution < 1.29 is 0 Å².